The van der Waals surface area contributed by atoms with Gasteiger partial charge >= 0.3 is 0 Å². The summed E-state index contributed by atoms with van der Waals surface area (Å²) in [5, 5.41) is 10.3. The van der Waals surface area contributed by atoms with Crippen LogP contribution in [0.25, 0.3) is 11.1 Å². The zero-order chi connectivity index (χ0) is 21.3. The first-order valence-corrected chi connectivity index (χ1v) is 10.8. The molecule has 2 aliphatic heterocycles. The van der Waals surface area contributed by atoms with E-state index in [4.69, 9.17) is 0 Å². The molecule has 2 amide bonds. The first-order chi connectivity index (χ1) is 14.4. The summed E-state index contributed by atoms with van der Waals surface area (Å²) in [6.45, 7) is 6.03. The molecule has 1 atom stereocenters. The van der Waals surface area contributed by atoms with Crippen LogP contribution >= 0.6 is 0 Å². The highest BCUT2D eigenvalue weighted by atomic mass is 16.3. The minimum atomic E-state index is -0.480. The van der Waals surface area contributed by atoms with Crippen LogP contribution in [0.5, 0.6) is 0 Å². The number of amides is 2. The zero-order valence-corrected chi connectivity index (χ0v) is 17.8. The van der Waals surface area contributed by atoms with Crippen LogP contribution < -0.4 is 0 Å². The van der Waals surface area contributed by atoms with Gasteiger partial charge in [0.15, 0.2) is 0 Å². The van der Waals surface area contributed by atoms with Gasteiger partial charge in [0, 0.05) is 38.7 Å². The predicted molar refractivity (Wildman–Crippen MR) is 117 cm³/mol. The zero-order valence-electron chi connectivity index (χ0n) is 17.8. The van der Waals surface area contributed by atoms with Crippen LogP contribution in [0.2, 0.25) is 0 Å². The fourth-order valence-electron chi connectivity index (χ4n) is 5.04. The second-order valence-electron chi connectivity index (χ2n) is 8.96. The second-order valence-corrected chi connectivity index (χ2v) is 8.96. The van der Waals surface area contributed by atoms with E-state index in [0.29, 0.717) is 32.6 Å². The van der Waals surface area contributed by atoms with Gasteiger partial charge < -0.3 is 14.9 Å². The summed E-state index contributed by atoms with van der Waals surface area (Å²) in [4.78, 5) is 29.0. The summed E-state index contributed by atoms with van der Waals surface area (Å²) in [6, 6.07) is 16.0. The number of aliphatic hydroxyl groups is 1. The van der Waals surface area contributed by atoms with Gasteiger partial charge in [-0.25, -0.2) is 0 Å². The van der Waals surface area contributed by atoms with Crippen molar-refractivity contribution >= 4 is 11.8 Å². The van der Waals surface area contributed by atoms with Gasteiger partial charge in [0.05, 0.1) is 6.10 Å². The highest BCUT2D eigenvalue weighted by Gasteiger charge is 2.43. The summed E-state index contributed by atoms with van der Waals surface area (Å²) in [5.41, 5.74) is 3.83. The van der Waals surface area contributed by atoms with Crippen molar-refractivity contribution in [3.05, 3.63) is 59.7 Å². The number of likely N-dealkylation sites (tertiary alicyclic amines) is 2. The summed E-state index contributed by atoms with van der Waals surface area (Å²) in [7, 11) is 0. The average molecular weight is 407 g/mol. The highest BCUT2D eigenvalue weighted by Crippen LogP contribution is 2.40. The molecule has 1 spiro atoms. The number of hydrogen-bond donors (Lipinski definition) is 1. The third kappa shape index (κ3) is 4.12. The van der Waals surface area contributed by atoms with Crippen LogP contribution in [0.1, 0.15) is 42.1 Å². The number of piperidine rings is 2. The van der Waals surface area contributed by atoms with E-state index in [2.05, 4.69) is 19.1 Å². The monoisotopic (exact) mass is 406 g/mol. The molecule has 5 nitrogen and oxygen atoms in total. The largest absolute Gasteiger partial charge is 0.391 e. The van der Waals surface area contributed by atoms with Crippen LogP contribution in [0.4, 0.5) is 0 Å². The van der Waals surface area contributed by atoms with Crippen molar-refractivity contribution in [1.82, 2.24) is 9.80 Å². The number of β-amino-alcohol motifs (C(OH)–C–C–N with tert-alkyl or cyclic N) is 1. The lowest BCUT2D eigenvalue weighted by molar-refractivity contribution is -0.137. The molecule has 1 N–H and O–H groups in total. The van der Waals surface area contributed by atoms with Crippen molar-refractivity contribution in [1.29, 1.82) is 0 Å². The summed E-state index contributed by atoms with van der Waals surface area (Å²) < 4.78 is 0. The summed E-state index contributed by atoms with van der Waals surface area (Å²) in [6.07, 6.45) is 1.85. The Morgan fingerprint density at radius 1 is 1.03 bits per heavy atom. The van der Waals surface area contributed by atoms with Crippen molar-refractivity contribution in [3.8, 4) is 11.1 Å². The number of aryl methyl sites for hydroxylation is 1. The van der Waals surface area contributed by atoms with E-state index in [1.54, 1.807) is 11.8 Å². The minimum Gasteiger partial charge on any atom is -0.391 e. The fourth-order valence-corrected chi connectivity index (χ4v) is 5.04. The summed E-state index contributed by atoms with van der Waals surface area (Å²) in [5.74, 6) is 0.0699. The van der Waals surface area contributed by atoms with Gasteiger partial charge in [-0.2, -0.15) is 0 Å². The molecule has 2 aliphatic rings. The van der Waals surface area contributed by atoms with Gasteiger partial charge in [0.25, 0.3) is 5.91 Å². The first-order valence-electron chi connectivity index (χ1n) is 10.8. The Bertz CT molecular complexity index is 947. The standard InChI is InChI=1S/C25H30N2O3/c1-18-6-5-7-20(14-18)22-8-3-4-9-23(22)24(30)26-12-10-25(11-13-26)15-21(29)16-27(17-25)19(2)28/h3-9,14,21,29H,10-13,15-17H2,1-2H3. The number of carbonyl (C=O) groups excluding carboxylic acids is 2. The highest BCUT2D eigenvalue weighted by molar-refractivity contribution is 6.01. The van der Waals surface area contributed by atoms with Crippen LogP contribution in [0.15, 0.2) is 48.5 Å². The lowest BCUT2D eigenvalue weighted by Gasteiger charge is -2.49. The molecule has 2 aromatic rings. The molecule has 5 heteroatoms. The van der Waals surface area contributed by atoms with E-state index in [-0.39, 0.29) is 17.2 Å². The van der Waals surface area contributed by atoms with Crippen LogP contribution in [-0.4, -0.2) is 59.0 Å². The molecule has 0 aromatic heterocycles. The van der Waals surface area contributed by atoms with Crippen molar-refractivity contribution in [3.63, 3.8) is 0 Å². The number of nitrogens with zero attached hydrogens (tertiary/aromatic N) is 2. The van der Waals surface area contributed by atoms with Crippen molar-refractivity contribution < 1.29 is 14.7 Å². The van der Waals surface area contributed by atoms with Crippen molar-refractivity contribution in [2.24, 2.45) is 5.41 Å². The van der Waals surface area contributed by atoms with E-state index < -0.39 is 6.10 Å². The molecule has 0 aliphatic carbocycles. The lowest BCUT2D eigenvalue weighted by atomic mass is 9.71. The molecule has 4 rings (SSSR count). The summed E-state index contributed by atoms with van der Waals surface area (Å²) >= 11 is 0. The maximum Gasteiger partial charge on any atom is 0.254 e. The maximum absolute atomic E-state index is 13.4. The molecule has 2 heterocycles. The molecule has 0 bridgehead atoms. The average Bonchev–Trinajstić information content (AvgIpc) is 2.73. The Morgan fingerprint density at radius 3 is 2.47 bits per heavy atom. The number of rotatable bonds is 2. The van der Waals surface area contributed by atoms with Crippen LogP contribution in [0.3, 0.4) is 0 Å². The minimum absolute atomic E-state index is 0.0127. The topological polar surface area (TPSA) is 60.9 Å². The van der Waals surface area contributed by atoms with Crippen LogP contribution in [-0.2, 0) is 4.79 Å². The Kier molecular flexibility index (Phi) is 5.65. The van der Waals surface area contributed by atoms with Gasteiger partial charge in [-0.1, -0.05) is 48.0 Å². The molecule has 30 heavy (non-hydrogen) atoms. The molecule has 158 valence electrons. The molecule has 2 saturated heterocycles. The normalized spacial score (nSPS) is 21.0. The maximum atomic E-state index is 13.4. The van der Waals surface area contributed by atoms with E-state index >= 15 is 0 Å². The van der Waals surface area contributed by atoms with Gasteiger partial charge in [-0.3, -0.25) is 9.59 Å². The smallest absolute Gasteiger partial charge is 0.254 e. The SMILES string of the molecule is CC(=O)N1CC(O)CC2(CCN(C(=O)c3ccccc3-c3cccc(C)c3)CC2)C1. The van der Waals surface area contributed by atoms with Gasteiger partial charge in [-0.05, 0) is 48.8 Å². The van der Waals surface area contributed by atoms with Crippen LogP contribution in [0, 0.1) is 12.3 Å². The second kappa shape index (κ2) is 8.23. The Balaban J connectivity index is 1.51. The molecular formula is C25H30N2O3. The number of benzene rings is 2. The fraction of sp³-hybridized carbons (Fsp3) is 0.440. The van der Waals surface area contributed by atoms with E-state index in [0.717, 1.165) is 29.5 Å². The van der Waals surface area contributed by atoms with Gasteiger partial charge in [0.1, 0.15) is 0 Å². The molecule has 2 fully saturated rings. The lowest BCUT2D eigenvalue weighted by Crippen LogP contribution is -2.55. The number of hydrogen-bond acceptors (Lipinski definition) is 3. The predicted octanol–water partition coefficient (Wildman–Crippen LogP) is 3.50. The molecule has 2 aromatic carbocycles. The molecule has 0 saturated carbocycles. The van der Waals surface area contributed by atoms with E-state index in [1.165, 1.54) is 5.56 Å². The van der Waals surface area contributed by atoms with Crippen molar-refractivity contribution in [2.45, 2.75) is 39.2 Å². The Labute approximate surface area is 178 Å². The van der Waals surface area contributed by atoms with E-state index in [1.807, 2.05) is 41.3 Å². The van der Waals surface area contributed by atoms with Gasteiger partial charge in [-0.15, -0.1) is 0 Å². The Hall–Kier alpha value is -2.66. The molecular weight excluding hydrogens is 376 g/mol. The van der Waals surface area contributed by atoms with Gasteiger partial charge in [0.2, 0.25) is 5.91 Å². The number of carbonyl (C=O) groups is 2. The molecule has 1 unspecified atom stereocenters. The quantitative estimate of drug-likeness (QED) is 0.830. The van der Waals surface area contributed by atoms with Crippen molar-refractivity contribution in [2.75, 3.05) is 26.2 Å². The third-order valence-electron chi connectivity index (χ3n) is 6.67. The number of aliphatic hydroxyl groups excluding tert-OH is 1. The first kappa shape index (κ1) is 20.6. The third-order valence-corrected chi connectivity index (χ3v) is 6.67. The Morgan fingerprint density at radius 2 is 1.77 bits per heavy atom. The molecule has 0 radical (unpaired) electrons. The van der Waals surface area contributed by atoms with E-state index in [9.17, 15) is 14.7 Å².